The van der Waals surface area contributed by atoms with E-state index in [1.54, 1.807) is 17.0 Å². The Balaban J connectivity index is 2.50. The molecule has 0 amide bonds. The molecule has 5 heteroatoms. The first kappa shape index (κ1) is 11.3. The highest BCUT2D eigenvalue weighted by molar-refractivity contribution is 5.88. The van der Waals surface area contributed by atoms with Crippen molar-refractivity contribution in [1.82, 2.24) is 9.55 Å². The molecule has 0 fully saturated rings. The lowest BCUT2D eigenvalue weighted by Gasteiger charge is -2.06. The zero-order chi connectivity index (χ0) is 12.4. The van der Waals surface area contributed by atoms with E-state index in [-0.39, 0.29) is 5.56 Å². The van der Waals surface area contributed by atoms with Gasteiger partial charge in [0.15, 0.2) is 0 Å². The molecule has 0 aliphatic heterocycles. The molecule has 0 bridgehead atoms. The topological polar surface area (TPSA) is 55.1 Å². The van der Waals surface area contributed by atoms with E-state index in [1.165, 1.54) is 12.1 Å². The number of carbonyl (C=O) groups is 1. The minimum absolute atomic E-state index is 0.0687. The summed E-state index contributed by atoms with van der Waals surface area (Å²) in [5, 5.41) is 8.74. The molecule has 0 aliphatic rings. The standard InChI is InChI=1S/C12H11FN2O2/c1-2-15-6-5-14-11(15)9-4-3-8(12(16)17)7-10(9)13/h3-7H,2H2,1H3,(H,16,17). The molecule has 88 valence electrons. The summed E-state index contributed by atoms with van der Waals surface area (Å²) in [7, 11) is 0. The van der Waals surface area contributed by atoms with Crippen LogP contribution in [0.2, 0.25) is 0 Å². The van der Waals surface area contributed by atoms with Crippen LogP contribution in [0.3, 0.4) is 0 Å². The van der Waals surface area contributed by atoms with Gasteiger partial charge in [0.1, 0.15) is 11.6 Å². The van der Waals surface area contributed by atoms with Crippen molar-refractivity contribution in [3.63, 3.8) is 0 Å². The molecule has 4 nitrogen and oxygen atoms in total. The average Bonchev–Trinajstić information content (AvgIpc) is 2.76. The van der Waals surface area contributed by atoms with Gasteiger partial charge in [-0.3, -0.25) is 0 Å². The fraction of sp³-hybridized carbons (Fsp3) is 0.167. The fourth-order valence-electron chi connectivity index (χ4n) is 1.64. The third kappa shape index (κ3) is 2.04. The van der Waals surface area contributed by atoms with Crippen molar-refractivity contribution in [2.45, 2.75) is 13.5 Å². The molecule has 17 heavy (non-hydrogen) atoms. The van der Waals surface area contributed by atoms with Gasteiger partial charge in [-0.1, -0.05) is 0 Å². The Bertz CT molecular complexity index is 563. The monoisotopic (exact) mass is 234 g/mol. The van der Waals surface area contributed by atoms with Gasteiger partial charge in [-0.15, -0.1) is 0 Å². The van der Waals surface area contributed by atoms with E-state index in [0.717, 1.165) is 6.07 Å². The van der Waals surface area contributed by atoms with Crippen LogP contribution in [0, 0.1) is 5.82 Å². The predicted octanol–water partition coefficient (Wildman–Crippen LogP) is 2.41. The number of hydrogen-bond donors (Lipinski definition) is 1. The van der Waals surface area contributed by atoms with Gasteiger partial charge < -0.3 is 9.67 Å². The predicted molar refractivity (Wildman–Crippen MR) is 60.3 cm³/mol. The van der Waals surface area contributed by atoms with Gasteiger partial charge >= 0.3 is 5.97 Å². The zero-order valence-electron chi connectivity index (χ0n) is 9.22. The van der Waals surface area contributed by atoms with Crippen molar-refractivity contribution in [1.29, 1.82) is 0 Å². The molecule has 0 aliphatic carbocycles. The Hall–Kier alpha value is -2.17. The molecule has 0 unspecified atom stereocenters. The molecule has 2 rings (SSSR count). The number of halogens is 1. The average molecular weight is 234 g/mol. The number of hydrogen-bond acceptors (Lipinski definition) is 2. The van der Waals surface area contributed by atoms with Gasteiger partial charge in [0.05, 0.1) is 11.1 Å². The lowest BCUT2D eigenvalue weighted by molar-refractivity contribution is 0.0696. The van der Waals surface area contributed by atoms with Gasteiger partial charge in [0.25, 0.3) is 0 Å². The van der Waals surface area contributed by atoms with Crippen LogP contribution >= 0.6 is 0 Å². The lowest BCUT2D eigenvalue weighted by Crippen LogP contribution is -2.01. The van der Waals surface area contributed by atoms with Crippen LogP contribution in [0.15, 0.2) is 30.6 Å². The highest BCUT2D eigenvalue weighted by Crippen LogP contribution is 2.22. The van der Waals surface area contributed by atoms with Gasteiger partial charge in [-0.05, 0) is 25.1 Å². The van der Waals surface area contributed by atoms with Crippen LogP contribution in [-0.2, 0) is 6.54 Å². The van der Waals surface area contributed by atoms with Crippen LogP contribution < -0.4 is 0 Å². The third-order valence-electron chi connectivity index (χ3n) is 2.51. The molecular formula is C12H11FN2O2. The van der Waals surface area contributed by atoms with Gasteiger partial charge in [0, 0.05) is 18.9 Å². The SMILES string of the molecule is CCn1ccnc1-c1ccc(C(=O)O)cc1F. The number of aromatic carboxylic acids is 1. The Morgan fingerprint density at radius 1 is 1.53 bits per heavy atom. The first-order chi connectivity index (χ1) is 8.13. The molecule has 0 saturated carbocycles. The molecule has 1 heterocycles. The molecule has 0 spiro atoms. The minimum atomic E-state index is -1.14. The fourth-order valence-corrected chi connectivity index (χ4v) is 1.64. The van der Waals surface area contributed by atoms with E-state index >= 15 is 0 Å². The third-order valence-corrected chi connectivity index (χ3v) is 2.51. The normalized spacial score (nSPS) is 10.5. The first-order valence-corrected chi connectivity index (χ1v) is 5.18. The Kier molecular flexibility index (Phi) is 2.91. The summed E-state index contributed by atoms with van der Waals surface area (Å²) >= 11 is 0. The molecule has 0 atom stereocenters. The second kappa shape index (κ2) is 4.37. The summed E-state index contributed by atoms with van der Waals surface area (Å²) in [4.78, 5) is 14.8. The maximum absolute atomic E-state index is 13.8. The number of aryl methyl sites for hydroxylation is 1. The zero-order valence-corrected chi connectivity index (χ0v) is 9.22. The number of nitrogens with zero attached hydrogens (tertiary/aromatic N) is 2. The van der Waals surface area contributed by atoms with E-state index in [1.807, 2.05) is 6.92 Å². The minimum Gasteiger partial charge on any atom is -0.478 e. The summed E-state index contributed by atoms with van der Waals surface area (Å²) in [6, 6.07) is 3.81. The molecule has 1 N–H and O–H groups in total. The quantitative estimate of drug-likeness (QED) is 0.887. The number of benzene rings is 1. The van der Waals surface area contributed by atoms with Crippen LogP contribution in [0.5, 0.6) is 0 Å². The molecule has 1 aromatic heterocycles. The maximum atomic E-state index is 13.8. The molecular weight excluding hydrogens is 223 g/mol. The van der Waals surface area contributed by atoms with E-state index < -0.39 is 11.8 Å². The Morgan fingerprint density at radius 3 is 2.88 bits per heavy atom. The number of carboxylic acid groups (broad SMARTS) is 1. The van der Waals surface area contributed by atoms with Gasteiger partial charge in [-0.25, -0.2) is 14.2 Å². The first-order valence-electron chi connectivity index (χ1n) is 5.18. The molecule has 0 radical (unpaired) electrons. The maximum Gasteiger partial charge on any atom is 0.335 e. The summed E-state index contributed by atoms with van der Waals surface area (Å²) in [6.45, 7) is 2.60. The second-order valence-corrected chi connectivity index (χ2v) is 3.54. The number of aromatic nitrogens is 2. The van der Waals surface area contributed by atoms with Crippen molar-refractivity contribution in [2.75, 3.05) is 0 Å². The van der Waals surface area contributed by atoms with Crippen molar-refractivity contribution in [3.05, 3.63) is 42.0 Å². The molecule has 0 saturated heterocycles. The van der Waals surface area contributed by atoms with Crippen molar-refractivity contribution in [3.8, 4) is 11.4 Å². The van der Waals surface area contributed by atoms with E-state index in [2.05, 4.69) is 4.98 Å². The van der Waals surface area contributed by atoms with Crippen LogP contribution in [0.4, 0.5) is 4.39 Å². The summed E-state index contributed by atoms with van der Waals surface area (Å²) < 4.78 is 15.6. The highest BCUT2D eigenvalue weighted by Gasteiger charge is 2.13. The second-order valence-electron chi connectivity index (χ2n) is 3.54. The molecule has 2 aromatic rings. The largest absolute Gasteiger partial charge is 0.478 e. The van der Waals surface area contributed by atoms with Crippen LogP contribution in [0.25, 0.3) is 11.4 Å². The van der Waals surface area contributed by atoms with Gasteiger partial charge in [-0.2, -0.15) is 0 Å². The number of imidazole rings is 1. The highest BCUT2D eigenvalue weighted by atomic mass is 19.1. The Labute approximate surface area is 97.3 Å². The summed E-state index contributed by atoms with van der Waals surface area (Å²) in [6.07, 6.45) is 3.34. The van der Waals surface area contributed by atoms with E-state index in [0.29, 0.717) is 17.9 Å². The summed E-state index contributed by atoms with van der Waals surface area (Å²) in [5.74, 6) is -1.22. The van der Waals surface area contributed by atoms with Crippen LogP contribution in [0.1, 0.15) is 17.3 Å². The van der Waals surface area contributed by atoms with E-state index in [9.17, 15) is 9.18 Å². The summed E-state index contributed by atoms with van der Waals surface area (Å²) in [5.41, 5.74) is 0.239. The van der Waals surface area contributed by atoms with Crippen LogP contribution in [-0.4, -0.2) is 20.6 Å². The number of rotatable bonds is 3. The van der Waals surface area contributed by atoms with Crippen molar-refractivity contribution >= 4 is 5.97 Å². The van der Waals surface area contributed by atoms with Crippen molar-refractivity contribution in [2.24, 2.45) is 0 Å². The van der Waals surface area contributed by atoms with Gasteiger partial charge in [0.2, 0.25) is 0 Å². The van der Waals surface area contributed by atoms with E-state index in [4.69, 9.17) is 5.11 Å². The smallest absolute Gasteiger partial charge is 0.335 e. The lowest BCUT2D eigenvalue weighted by atomic mass is 10.1. The van der Waals surface area contributed by atoms with Crippen molar-refractivity contribution < 1.29 is 14.3 Å². The number of carboxylic acids is 1. The Morgan fingerprint density at radius 2 is 2.29 bits per heavy atom. The molecule has 1 aromatic carbocycles.